The number of benzene rings is 3. The number of fused-ring (bicyclic) bond motifs is 1. The van der Waals surface area contributed by atoms with Crippen molar-refractivity contribution in [1.29, 1.82) is 0 Å². The topological polar surface area (TPSA) is 63.7 Å². The molecule has 0 saturated heterocycles. The van der Waals surface area contributed by atoms with Gasteiger partial charge in [0.05, 0.1) is 12.6 Å². The molecule has 7 heteroatoms. The minimum absolute atomic E-state index is 0.0455. The van der Waals surface area contributed by atoms with Crippen LogP contribution in [-0.2, 0) is 6.54 Å². The first kappa shape index (κ1) is 26.7. The fraction of sp³-hybridized carbons (Fsp3) is 0.226. The summed E-state index contributed by atoms with van der Waals surface area (Å²) in [4.78, 5) is 19.5. The maximum atomic E-state index is 14.0. The molecule has 0 spiro atoms. The summed E-state index contributed by atoms with van der Waals surface area (Å²) in [6.45, 7) is 9.07. The summed E-state index contributed by atoms with van der Waals surface area (Å²) in [5.74, 6) is -0.848. The Labute approximate surface area is 222 Å². The molecule has 0 aliphatic rings. The van der Waals surface area contributed by atoms with Gasteiger partial charge >= 0.3 is 6.03 Å². The highest BCUT2D eigenvalue weighted by molar-refractivity contribution is 5.89. The Balaban J connectivity index is 1.49. The summed E-state index contributed by atoms with van der Waals surface area (Å²) in [5.41, 5.74) is 4.47. The molecule has 1 N–H and O–H groups in total. The number of methoxy groups -OCH3 is 1. The van der Waals surface area contributed by atoms with E-state index in [-0.39, 0.29) is 12.1 Å². The van der Waals surface area contributed by atoms with Gasteiger partial charge in [0.2, 0.25) is 0 Å². The third-order valence-corrected chi connectivity index (χ3v) is 6.17. The first-order valence-corrected chi connectivity index (χ1v) is 12.4. The summed E-state index contributed by atoms with van der Waals surface area (Å²) in [6, 6.07) is 22.3. The summed E-state index contributed by atoms with van der Waals surface area (Å²) in [7, 11) is 1.65. The largest absolute Gasteiger partial charge is 0.497 e. The van der Waals surface area contributed by atoms with Crippen molar-refractivity contribution in [2.75, 3.05) is 12.4 Å². The molecular weight excluding hydrogens is 481 g/mol. The van der Waals surface area contributed by atoms with Crippen LogP contribution in [-0.4, -0.2) is 34.9 Å². The van der Waals surface area contributed by atoms with Crippen LogP contribution in [0.3, 0.4) is 0 Å². The number of rotatable bonds is 9. The summed E-state index contributed by atoms with van der Waals surface area (Å²) in [5, 5.41) is 3.91. The number of pyridine rings is 1. The van der Waals surface area contributed by atoms with E-state index in [1.807, 2.05) is 56.4 Å². The lowest BCUT2D eigenvalue weighted by Gasteiger charge is -2.27. The van der Waals surface area contributed by atoms with E-state index in [2.05, 4.69) is 29.0 Å². The Morgan fingerprint density at radius 2 is 1.82 bits per heavy atom. The Bertz CT molecular complexity index is 1430. The first-order valence-electron chi connectivity index (χ1n) is 12.4. The number of carbonyl (C=O) groups excluding carboxylic acids is 1. The fourth-order valence-electron chi connectivity index (χ4n) is 4.00. The third kappa shape index (κ3) is 6.48. The van der Waals surface area contributed by atoms with Gasteiger partial charge in [-0.25, -0.2) is 4.79 Å². The molecule has 1 heterocycles. The predicted octanol–water partition coefficient (Wildman–Crippen LogP) is 7.60. The summed E-state index contributed by atoms with van der Waals surface area (Å²) >= 11 is 0. The van der Waals surface area contributed by atoms with E-state index in [9.17, 15) is 9.18 Å². The van der Waals surface area contributed by atoms with Crippen molar-refractivity contribution in [1.82, 2.24) is 9.88 Å². The second-order valence-corrected chi connectivity index (χ2v) is 9.45. The van der Waals surface area contributed by atoms with Crippen LogP contribution in [0.25, 0.3) is 22.0 Å². The molecule has 38 heavy (non-hydrogen) atoms. The highest BCUT2D eigenvalue weighted by Crippen LogP contribution is 2.27. The van der Waals surface area contributed by atoms with Crippen LogP contribution < -0.4 is 14.8 Å². The van der Waals surface area contributed by atoms with Gasteiger partial charge in [0.25, 0.3) is 5.85 Å². The Morgan fingerprint density at radius 3 is 2.50 bits per heavy atom. The van der Waals surface area contributed by atoms with Crippen molar-refractivity contribution < 1.29 is 18.7 Å². The van der Waals surface area contributed by atoms with Gasteiger partial charge in [0, 0.05) is 42.3 Å². The van der Waals surface area contributed by atoms with E-state index in [4.69, 9.17) is 9.47 Å². The lowest BCUT2D eigenvalue weighted by Crippen LogP contribution is -2.39. The minimum Gasteiger partial charge on any atom is -0.497 e. The Hall–Kier alpha value is -4.39. The molecule has 196 valence electrons. The van der Waals surface area contributed by atoms with Gasteiger partial charge in [0.15, 0.2) is 0 Å². The van der Waals surface area contributed by atoms with E-state index in [1.54, 1.807) is 36.3 Å². The number of alkyl halides is 1. The standard InChI is InChI=1S/C31H32FN3O3/c1-6-31(4,32)38-27-12-10-26(11-13-27)34-30(36)35(21(2)3)20-22-8-7-9-23(16-22)25-17-24-18-28(37-5)14-15-29(24)33-19-25/h6-19,21H,1,20H2,2-5H3,(H,34,36). The second-order valence-electron chi connectivity index (χ2n) is 9.45. The quantitative estimate of drug-likeness (QED) is 0.234. The number of anilines is 1. The smallest absolute Gasteiger partial charge is 0.322 e. The molecule has 0 aliphatic carbocycles. The van der Waals surface area contributed by atoms with Gasteiger partial charge < -0.3 is 19.7 Å². The van der Waals surface area contributed by atoms with E-state index in [1.165, 1.54) is 6.92 Å². The van der Waals surface area contributed by atoms with Crippen molar-refractivity contribution in [3.63, 3.8) is 0 Å². The molecular formula is C31H32FN3O3. The molecule has 1 aromatic heterocycles. The molecule has 0 saturated carbocycles. The fourth-order valence-corrected chi connectivity index (χ4v) is 4.00. The number of urea groups is 1. The molecule has 0 aliphatic heterocycles. The summed E-state index contributed by atoms with van der Waals surface area (Å²) in [6.07, 6.45) is 2.95. The van der Waals surface area contributed by atoms with Crippen molar-refractivity contribution in [3.8, 4) is 22.6 Å². The van der Waals surface area contributed by atoms with E-state index >= 15 is 0 Å². The SMILES string of the molecule is C=CC(C)(F)Oc1ccc(NC(=O)N(Cc2cccc(-c3cnc4ccc(OC)cc4c3)c2)C(C)C)cc1. The van der Waals surface area contributed by atoms with Crippen LogP contribution in [0.5, 0.6) is 11.5 Å². The van der Waals surface area contributed by atoms with Crippen LogP contribution in [0.4, 0.5) is 14.9 Å². The number of hydrogen-bond donors (Lipinski definition) is 1. The average Bonchev–Trinajstić information content (AvgIpc) is 2.92. The molecule has 4 rings (SSSR count). The Morgan fingerprint density at radius 1 is 1.08 bits per heavy atom. The van der Waals surface area contributed by atoms with E-state index in [0.717, 1.165) is 39.4 Å². The number of carbonyl (C=O) groups is 1. The zero-order chi connectivity index (χ0) is 27.3. The highest BCUT2D eigenvalue weighted by atomic mass is 19.2. The third-order valence-electron chi connectivity index (χ3n) is 6.17. The first-order chi connectivity index (χ1) is 18.2. The van der Waals surface area contributed by atoms with Crippen molar-refractivity contribution >= 4 is 22.6 Å². The monoisotopic (exact) mass is 513 g/mol. The highest BCUT2D eigenvalue weighted by Gasteiger charge is 2.21. The van der Waals surface area contributed by atoms with Crippen LogP contribution in [0, 0.1) is 0 Å². The van der Waals surface area contributed by atoms with Gasteiger partial charge in [0.1, 0.15) is 11.5 Å². The van der Waals surface area contributed by atoms with Gasteiger partial charge in [-0.1, -0.05) is 24.8 Å². The minimum atomic E-state index is -1.97. The molecule has 6 nitrogen and oxygen atoms in total. The number of halogens is 1. The van der Waals surface area contributed by atoms with Gasteiger partial charge in [-0.05, 0) is 85.6 Å². The average molecular weight is 514 g/mol. The molecule has 3 aromatic carbocycles. The van der Waals surface area contributed by atoms with Crippen LogP contribution >= 0.6 is 0 Å². The number of nitrogens with zero attached hydrogens (tertiary/aromatic N) is 2. The maximum absolute atomic E-state index is 14.0. The molecule has 1 atom stereocenters. The van der Waals surface area contributed by atoms with Gasteiger partial charge in [-0.3, -0.25) is 4.98 Å². The van der Waals surface area contributed by atoms with Crippen LogP contribution in [0.15, 0.2) is 91.6 Å². The number of hydrogen-bond acceptors (Lipinski definition) is 4. The van der Waals surface area contributed by atoms with Crippen LogP contribution in [0.2, 0.25) is 0 Å². The lowest BCUT2D eigenvalue weighted by atomic mass is 10.0. The normalized spacial score (nSPS) is 12.6. The van der Waals surface area contributed by atoms with E-state index < -0.39 is 5.85 Å². The predicted molar refractivity (Wildman–Crippen MR) is 150 cm³/mol. The van der Waals surface area contributed by atoms with Crippen LogP contribution in [0.1, 0.15) is 26.3 Å². The Kier molecular flexibility index (Phi) is 7.96. The van der Waals surface area contributed by atoms with Gasteiger partial charge in [-0.2, -0.15) is 4.39 Å². The molecule has 2 amide bonds. The number of amides is 2. The number of ether oxygens (including phenoxy) is 2. The molecule has 0 bridgehead atoms. The van der Waals surface area contributed by atoms with Crippen molar-refractivity contribution in [3.05, 3.63) is 97.2 Å². The zero-order valence-electron chi connectivity index (χ0n) is 22.1. The van der Waals surface area contributed by atoms with Crippen molar-refractivity contribution in [2.24, 2.45) is 0 Å². The lowest BCUT2D eigenvalue weighted by molar-refractivity contribution is 0.00402. The molecule has 4 aromatic rings. The maximum Gasteiger partial charge on any atom is 0.322 e. The number of aromatic nitrogens is 1. The van der Waals surface area contributed by atoms with E-state index in [0.29, 0.717) is 18.0 Å². The molecule has 0 radical (unpaired) electrons. The number of nitrogens with one attached hydrogen (secondary N) is 1. The van der Waals surface area contributed by atoms with Crippen molar-refractivity contribution in [2.45, 2.75) is 39.2 Å². The summed E-state index contributed by atoms with van der Waals surface area (Å²) < 4.78 is 24.6. The molecule has 0 fully saturated rings. The van der Waals surface area contributed by atoms with Gasteiger partial charge in [-0.15, -0.1) is 0 Å². The molecule has 1 unspecified atom stereocenters. The second kappa shape index (κ2) is 11.3. The zero-order valence-corrected chi connectivity index (χ0v) is 22.1.